The minimum atomic E-state index is -0.337. The van der Waals surface area contributed by atoms with Crippen molar-refractivity contribution >= 4 is 33.9 Å². The molecular weight excluding hydrogens is 514 g/mol. The number of aryl methyl sites for hydroxylation is 1. The van der Waals surface area contributed by atoms with Crippen LogP contribution in [0.4, 0.5) is 5.13 Å². The zero-order valence-electron chi connectivity index (χ0n) is 21.2. The lowest BCUT2D eigenvalue weighted by Gasteiger charge is -2.36. The van der Waals surface area contributed by atoms with Gasteiger partial charge in [0.1, 0.15) is 11.3 Å². The van der Waals surface area contributed by atoms with E-state index in [9.17, 15) is 9.59 Å². The Hall–Kier alpha value is -4.11. The second-order valence-corrected chi connectivity index (χ2v) is 10.8. The first-order valence-corrected chi connectivity index (χ1v) is 13.7. The molecule has 0 saturated carbocycles. The number of fused-ring (bicyclic) bond motifs is 2. The molecule has 6 rings (SSSR count). The summed E-state index contributed by atoms with van der Waals surface area (Å²) in [5.74, 6) is -0.566. The standard InChI is InChI=1S/C28H27N7O3S/c29-15-18-6-7-35-17-23(31-25(35)13-18)27(37)30-16-19-2-1-3-20(12-19)26(36)33-28-32-22-5-4-21(14-24(22)39-28)34-8-10-38-11-9-34/h1-3,6-7,12-13,17,21H,4-5,8-11,14,16H2,(H,30,37)(H,32,33,36)/t21-/m0/s1. The van der Waals surface area contributed by atoms with Gasteiger partial charge in [0.15, 0.2) is 5.13 Å². The first-order valence-electron chi connectivity index (χ1n) is 12.9. The van der Waals surface area contributed by atoms with Gasteiger partial charge < -0.3 is 14.5 Å². The number of imidazole rings is 1. The summed E-state index contributed by atoms with van der Waals surface area (Å²) in [6.07, 6.45) is 6.27. The lowest BCUT2D eigenvalue weighted by Crippen LogP contribution is -2.45. The van der Waals surface area contributed by atoms with Gasteiger partial charge in [-0.25, -0.2) is 9.97 Å². The van der Waals surface area contributed by atoms with Crippen molar-refractivity contribution in [2.45, 2.75) is 31.8 Å². The van der Waals surface area contributed by atoms with Crippen LogP contribution in [0.15, 0.2) is 48.8 Å². The minimum Gasteiger partial charge on any atom is -0.379 e. The van der Waals surface area contributed by atoms with Gasteiger partial charge in [-0.1, -0.05) is 12.1 Å². The van der Waals surface area contributed by atoms with Crippen LogP contribution in [0.3, 0.4) is 0 Å². The molecule has 2 amide bonds. The normalized spacial score (nSPS) is 17.4. The molecule has 4 aromatic rings. The van der Waals surface area contributed by atoms with E-state index in [0.717, 1.165) is 56.8 Å². The number of hydrogen-bond acceptors (Lipinski definition) is 8. The zero-order valence-corrected chi connectivity index (χ0v) is 22.0. The molecule has 1 saturated heterocycles. The lowest BCUT2D eigenvalue weighted by molar-refractivity contribution is 0.0139. The molecule has 2 aliphatic rings. The fourth-order valence-electron chi connectivity index (χ4n) is 5.09. The van der Waals surface area contributed by atoms with Gasteiger partial charge in [-0.2, -0.15) is 5.26 Å². The number of morpholine rings is 1. The molecular formula is C28H27N7O3S. The summed E-state index contributed by atoms with van der Waals surface area (Å²) in [6, 6.07) is 13.0. The Morgan fingerprint density at radius 1 is 1.15 bits per heavy atom. The number of carbonyl (C=O) groups excluding carboxylic acids is 2. The van der Waals surface area contributed by atoms with Crippen LogP contribution in [0.2, 0.25) is 0 Å². The number of anilines is 1. The molecule has 1 aromatic carbocycles. The van der Waals surface area contributed by atoms with Crippen LogP contribution in [0.1, 0.15) is 49.0 Å². The van der Waals surface area contributed by atoms with E-state index in [1.54, 1.807) is 58.5 Å². The number of hydrogen-bond donors (Lipinski definition) is 2. The van der Waals surface area contributed by atoms with E-state index in [-0.39, 0.29) is 24.1 Å². The van der Waals surface area contributed by atoms with Crippen molar-refractivity contribution in [3.63, 3.8) is 0 Å². The van der Waals surface area contributed by atoms with E-state index < -0.39 is 0 Å². The molecule has 1 fully saturated rings. The van der Waals surface area contributed by atoms with Crippen LogP contribution >= 0.6 is 11.3 Å². The van der Waals surface area contributed by atoms with Crippen LogP contribution in [0.25, 0.3) is 5.65 Å². The van der Waals surface area contributed by atoms with Crippen LogP contribution in [-0.2, 0) is 24.1 Å². The molecule has 0 radical (unpaired) electrons. The molecule has 0 spiro atoms. The Morgan fingerprint density at radius 2 is 2.03 bits per heavy atom. The highest BCUT2D eigenvalue weighted by Crippen LogP contribution is 2.32. The Labute approximate surface area is 229 Å². The first-order chi connectivity index (χ1) is 19.1. The number of pyridine rings is 1. The molecule has 10 nitrogen and oxygen atoms in total. The average Bonchev–Trinajstić information content (AvgIpc) is 3.59. The number of aromatic nitrogens is 3. The maximum Gasteiger partial charge on any atom is 0.271 e. The number of rotatable bonds is 6. The van der Waals surface area contributed by atoms with E-state index in [1.165, 1.54) is 4.88 Å². The van der Waals surface area contributed by atoms with Crippen LogP contribution in [-0.4, -0.2) is 63.4 Å². The van der Waals surface area contributed by atoms with E-state index in [4.69, 9.17) is 15.0 Å². The minimum absolute atomic E-state index is 0.229. The highest BCUT2D eigenvalue weighted by molar-refractivity contribution is 7.15. The van der Waals surface area contributed by atoms with Gasteiger partial charge in [0.05, 0.1) is 30.5 Å². The summed E-state index contributed by atoms with van der Waals surface area (Å²) in [7, 11) is 0. The molecule has 2 N–H and O–H groups in total. The largest absolute Gasteiger partial charge is 0.379 e. The van der Waals surface area contributed by atoms with Crippen molar-refractivity contribution in [3.05, 3.63) is 81.7 Å². The number of nitriles is 1. The molecule has 1 aliphatic heterocycles. The Morgan fingerprint density at radius 3 is 2.87 bits per heavy atom. The summed E-state index contributed by atoms with van der Waals surface area (Å²) in [4.78, 5) is 38.5. The number of nitrogens with one attached hydrogen (secondary N) is 2. The van der Waals surface area contributed by atoms with Gasteiger partial charge in [-0.15, -0.1) is 11.3 Å². The maximum absolute atomic E-state index is 13.0. The van der Waals surface area contributed by atoms with Crippen LogP contribution in [0.5, 0.6) is 0 Å². The average molecular weight is 542 g/mol. The Balaban J connectivity index is 1.07. The molecule has 0 unspecified atom stereocenters. The van der Waals surface area contributed by atoms with E-state index in [1.807, 2.05) is 6.07 Å². The van der Waals surface area contributed by atoms with Crippen molar-refractivity contribution in [1.82, 2.24) is 24.6 Å². The molecule has 11 heteroatoms. The number of benzene rings is 1. The molecule has 1 atom stereocenters. The number of amides is 2. The highest BCUT2D eigenvalue weighted by atomic mass is 32.1. The lowest BCUT2D eigenvalue weighted by atomic mass is 9.96. The fourth-order valence-corrected chi connectivity index (χ4v) is 6.17. The second-order valence-electron chi connectivity index (χ2n) is 9.69. The number of carbonyl (C=O) groups is 2. The highest BCUT2D eigenvalue weighted by Gasteiger charge is 2.28. The molecule has 4 heterocycles. The van der Waals surface area contributed by atoms with Crippen LogP contribution in [0, 0.1) is 11.3 Å². The maximum atomic E-state index is 13.0. The third-order valence-corrected chi connectivity index (χ3v) is 8.20. The summed E-state index contributed by atoms with van der Waals surface area (Å²) >= 11 is 1.56. The summed E-state index contributed by atoms with van der Waals surface area (Å²) in [5, 5.41) is 15.5. The van der Waals surface area contributed by atoms with Crippen molar-refractivity contribution in [3.8, 4) is 6.07 Å². The molecule has 39 heavy (non-hydrogen) atoms. The Kier molecular flexibility index (Phi) is 7.06. The van der Waals surface area contributed by atoms with Gasteiger partial charge in [-0.3, -0.25) is 19.8 Å². The number of ether oxygens (including phenoxy) is 1. The van der Waals surface area contributed by atoms with E-state index >= 15 is 0 Å². The monoisotopic (exact) mass is 541 g/mol. The molecule has 0 bridgehead atoms. The topological polar surface area (TPSA) is 125 Å². The fraction of sp³-hybridized carbons (Fsp3) is 0.321. The van der Waals surface area contributed by atoms with Gasteiger partial charge in [0.25, 0.3) is 11.8 Å². The van der Waals surface area contributed by atoms with Crippen molar-refractivity contribution in [2.75, 3.05) is 31.6 Å². The second kappa shape index (κ2) is 10.9. The van der Waals surface area contributed by atoms with Gasteiger partial charge >= 0.3 is 0 Å². The van der Waals surface area contributed by atoms with Crippen molar-refractivity contribution in [2.24, 2.45) is 0 Å². The van der Waals surface area contributed by atoms with Crippen molar-refractivity contribution in [1.29, 1.82) is 5.26 Å². The summed E-state index contributed by atoms with van der Waals surface area (Å²) < 4.78 is 7.19. The first kappa shape index (κ1) is 25.2. The SMILES string of the molecule is N#Cc1ccn2cc(C(=O)NCc3cccc(C(=O)Nc4nc5c(s4)C[C@@H](N4CCOCC4)CC5)c3)nc2c1. The van der Waals surface area contributed by atoms with Gasteiger partial charge in [-0.05, 0) is 49.1 Å². The van der Waals surface area contributed by atoms with Crippen molar-refractivity contribution < 1.29 is 14.3 Å². The van der Waals surface area contributed by atoms with Crippen LogP contribution < -0.4 is 10.6 Å². The molecule has 198 valence electrons. The number of nitrogens with zero attached hydrogens (tertiary/aromatic N) is 5. The summed E-state index contributed by atoms with van der Waals surface area (Å²) in [6.45, 7) is 3.77. The molecule has 1 aliphatic carbocycles. The predicted molar refractivity (Wildman–Crippen MR) is 146 cm³/mol. The van der Waals surface area contributed by atoms with Gasteiger partial charge in [0.2, 0.25) is 0 Å². The van der Waals surface area contributed by atoms with Gasteiger partial charge in [0, 0.05) is 48.5 Å². The molecule has 3 aromatic heterocycles. The summed E-state index contributed by atoms with van der Waals surface area (Å²) in [5.41, 5.74) is 3.63. The Bertz CT molecular complexity index is 1580. The third kappa shape index (κ3) is 5.54. The predicted octanol–water partition coefficient (Wildman–Crippen LogP) is 3.03. The quantitative estimate of drug-likeness (QED) is 0.384. The van der Waals surface area contributed by atoms with E-state index in [2.05, 4.69) is 26.6 Å². The zero-order chi connectivity index (χ0) is 26.8. The number of thiazole rings is 1. The van der Waals surface area contributed by atoms with E-state index in [0.29, 0.717) is 27.9 Å². The smallest absolute Gasteiger partial charge is 0.271 e. The third-order valence-electron chi connectivity index (χ3n) is 7.16.